The van der Waals surface area contributed by atoms with Crippen LogP contribution < -0.4 is 10.2 Å². The van der Waals surface area contributed by atoms with E-state index < -0.39 is 5.97 Å². The molecule has 0 radical (unpaired) electrons. The lowest BCUT2D eigenvalue weighted by Crippen LogP contribution is -2.18. The van der Waals surface area contributed by atoms with Gasteiger partial charge in [0, 0.05) is 36.8 Å². The predicted molar refractivity (Wildman–Crippen MR) is 131 cm³/mol. The van der Waals surface area contributed by atoms with Crippen LogP contribution in [0, 0.1) is 5.92 Å². The third-order valence-electron chi connectivity index (χ3n) is 4.90. The fourth-order valence-corrected chi connectivity index (χ4v) is 3.69. The third kappa shape index (κ3) is 7.17. The van der Waals surface area contributed by atoms with Gasteiger partial charge in [0.05, 0.1) is 6.42 Å². The van der Waals surface area contributed by atoms with Crippen LogP contribution in [0.1, 0.15) is 23.4 Å². The fourth-order valence-electron chi connectivity index (χ4n) is 3.28. The summed E-state index contributed by atoms with van der Waals surface area (Å²) in [6.45, 7) is 0. The van der Waals surface area contributed by atoms with Gasteiger partial charge in [-0.1, -0.05) is 53.6 Å². The summed E-state index contributed by atoms with van der Waals surface area (Å²) in [7, 11) is 3.55. The quantitative estimate of drug-likeness (QED) is 0.417. The number of aromatic nitrogens is 2. The number of allylic oxidation sites excluding steroid dienone is 5. The zero-order chi connectivity index (χ0) is 24.0. The first-order valence-corrected chi connectivity index (χ1v) is 11.0. The van der Waals surface area contributed by atoms with Gasteiger partial charge in [-0.2, -0.15) is 0 Å². The van der Waals surface area contributed by atoms with E-state index in [1.165, 1.54) is 6.08 Å². The van der Waals surface area contributed by atoms with E-state index in [0.29, 0.717) is 34.3 Å². The zero-order valence-electron chi connectivity index (χ0n) is 18.3. The van der Waals surface area contributed by atoms with Gasteiger partial charge in [-0.15, -0.1) is 0 Å². The zero-order valence-corrected chi connectivity index (χ0v) is 19.8. The van der Waals surface area contributed by atoms with Crippen LogP contribution >= 0.6 is 23.2 Å². The van der Waals surface area contributed by atoms with E-state index >= 15 is 0 Å². The van der Waals surface area contributed by atoms with Crippen LogP contribution in [0.5, 0.6) is 0 Å². The number of hydrogen-bond acceptors (Lipinski definition) is 5. The Kier molecular flexibility index (Phi) is 8.25. The number of halogens is 2. The highest BCUT2D eigenvalue weighted by molar-refractivity contribution is 6.31. The van der Waals surface area contributed by atoms with E-state index in [1.54, 1.807) is 31.1 Å². The molecule has 7 nitrogen and oxygen atoms in total. The topological polar surface area (TPSA) is 95.4 Å². The second kappa shape index (κ2) is 11.1. The van der Waals surface area contributed by atoms with Crippen molar-refractivity contribution >= 4 is 46.6 Å². The first-order chi connectivity index (χ1) is 15.7. The Balaban J connectivity index is 1.64. The number of nitrogens with zero attached hydrogens (tertiary/aromatic N) is 3. The number of amides is 1. The van der Waals surface area contributed by atoms with Crippen LogP contribution in [0.25, 0.3) is 0 Å². The van der Waals surface area contributed by atoms with Gasteiger partial charge in [-0.05, 0) is 42.2 Å². The molecule has 0 fully saturated rings. The number of benzene rings is 1. The smallest absolute Gasteiger partial charge is 0.308 e. The highest BCUT2D eigenvalue weighted by atomic mass is 35.5. The van der Waals surface area contributed by atoms with Crippen molar-refractivity contribution in [3.05, 3.63) is 81.8 Å². The van der Waals surface area contributed by atoms with Crippen LogP contribution in [-0.4, -0.2) is 41.0 Å². The van der Waals surface area contributed by atoms with Gasteiger partial charge in [-0.25, -0.2) is 9.97 Å². The van der Waals surface area contributed by atoms with E-state index in [1.807, 2.05) is 36.4 Å². The van der Waals surface area contributed by atoms with Crippen molar-refractivity contribution in [1.29, 1.82) is 0 Å². The number of carboxylic acid groups (broad SMARTS) is 1. The number of carboxylic acids is 1. The summed E-state index contributed by atoms with van der Waals surface area (Å²) in [6.07, 6.45) is 10.0. The van der Waals surface area contributed by atoms with Crippen LogP contribution in [0.4, 0.5) is 11.5 Å². The van der Waals surface area contributed by atoms with Crippen molar-refractivity contribution < 1.29 is 14.7 Å². The molecule has 0 aliphatic heterocycles. The number of aliphatic carboxylic acids is 1. The average molecular weight is 487 g/mol. The van der Waals surface area contributed by atoms with E-state index in [4.69, 9.17) is 28.3 Å². The highest BCUT2D eigenvalue weighted by Crippen LogP contribution is 2.25. The number of anilines is 2. The maximum Gasteiger partial charge on any atom is 0.308 e. The van der Waals surface area contributed by atoms with E-state index in [-0.39, 0.29) is 23.4 Å². The minimum Gasteiger partial charge on any atom is -0.481 e. The van der Waals surface area contributed by atoms with Gasteiger partial charge in [0.15, 0.2) is 0 Å². The van der Waals surface area contributed by atoms with Crippen LogP contribution in [-0.2, 0) is 22.4 Å². The van der Waals surface area contributed by atoms with Gasteiger partial charge in [0.2, 0.25) is 5.91 Å². The summed E-state index contributed by atoms with van der Waals surface area (Å²) < 4.78 is 0. The number of carbonyl (C=O) groups is 2. The number of hydrogen-bond donors (Lipinski definition) is 2. The van der Waals surface area contributed by atoms with Gasteiger partial charge in [-0.3, -0.25) is 9.59 Å². The molecule has 2 aromatic rings. The Bertz CT molecular complexity index is 1130. The molecular weight excluding hydrogens is 463 g/mol. The van der Waals surface area contributed by atoms with Gasteiger partial charge in [0.25, 0.3) is 0 Å². The average Bonchev–Trinajstić information content (AvgIpc) is 2.76. The summed E-state index contributed by atoms with van der Waals surface area (Å²) >= 11 is 12.2. The predicted octanol–water partition coefficient (Wildman–Crippen LogP) is 4.61. The van der Waals surface area contributed by atoms with E-state index in [9.17, 15) is 9.59 Å². The molecule has 1 unspecified atom stereocenters. The van der Waals surface area contributed by atoms with Crippen molar-refractivity contribution in [2.45, 2.75) is 19.3 Å². The molecule has 1 aromatic heterocycles. The van der Waals surface area contributed by atoms with E-state index in [2.05, 4.69) is 15.3 Å². The minimum absolute atomic E-state index is 0.132. The Morgan fingerprint density at radius 1 is 1.21 bits per heavy atom. The molecule has 2 N–H and O–H groups in total. The minimum atomic E-state index is -1.000. The molecule has 1 atom stereocenters. The Morgan fingerprint density at radius 2 is 1.94 bits per heavy atom. The molecule has 33 heavy (non-hydrogen) atoms. The van der Waals surface area contributed by atoms with Crippen molar-refractivity contribution in [2.75, 3.05) is 24.3 Å². The van der Waals surface area contributed by atoms with Crippen molar-refractivity contribution in [2.24, 2.45) is 5.92 Å². The molecule has 3 rings (SSSR count). The molecule has 0 saturated carbocycles. The lowest BCUT2D eigenvalue weighted by molar-refractivity contribution is -0.136. The molecule has 9 heteroatoms. The molecule has 1 aromatic carbocycles. The monoisotopic (exact) mass is 486 g/mol. The molecule has 0 saturated heterocycles. The van der Waals surface area contributed by atoms with Gasteiger partial charge in [0.1, 0.15) is 16.8 Å². The van der Waals surface area contributed by atoms with Crippen LogP contribution in [0.3, 0.4) is 0 Å². The second-order valence-electron chi connectivity index (χ2n) is 7.77. The second-order valence-corrected chi connectivity index (χ2v) is 8.56. The summed E-state index contributed by atoms with van der Waals surface area (Å²) in [6, 6.07) is 7.34. The SMILES string of the molecule is CN(C)c1nc(Cc2ccc(NC(=O)C=CC3C=CC(Cl)=CC3)cc2)nc(Cl)c1CC(=O)O. The number of rotatable bonds is 8. The summed E-state index contributed by atoms with van der Waals surface area (Å²) in [5.74, 6) is -0.0980. The highest BCUT2D eigenvalue weighted by Gasteiger charge is 2.17. The van der Waals surface area contributed by atoms with Gasteiger partial charge >= 0.3 is 5.97 Å². The van der Waals surface area contributed by atoms with Crippen LogP contribution in [0.15, 0.2) is 59.7 Å². The van der Waals surface area contributed by atoms with Crippen molar-refractivity contribution in [3.63, 3.8) is 0 Å². The third-order valence-corrected chi connectivity index (χ3v) is 5.49. The molecule has 1 aliphatic carbocycles. The summed E-state index contributed by atoms with van der Waals surface area (Å²) in [4.78, 5) is 33.8. The molecule has 172 valence electrons. The maximum atomic E-state index is 12.2. The molecule has 1 heterocycles. The standard InChI is InChI=1S/C24H24Cl2N4O3/c1-30(2)24-19(14-22(32)33)23(26)28-20(29-24)13-16-5-10-18(11-6-16)27-21(31)12-7-15-3-8-17(25)9-4-15/h3,5-12,15H,4,13-14H2,1-2H3,(H,27,31)(H,32,33). The molecule has 0 spiro atoms. The molecule has 0 bridgehead atoms. The van der Waals surface area contributed by atoms with E-state index in [0.717, 1.165) is 12.0 Å². The lowest BCUT2D eigenvalue weighted by Gasteiger charge is -2.17. The first-order valence-electron chi connectivity index (χ1n) is 10.3. The maximum absolute atomic E-state index is 12.2. The number of carbonyl (C=O) groups excluding carboxylic acids is 1. The number of nitrogens with one attached hydrogen (secondary N) is 1. The Morgan fingerprint density at radius 3 is 2.55 bits per heavy atom. The van der Waals surface area contributed by atoms with Crippen LogP contribution in [0.2, 0.25) is 5.15 Å². The fraction of sp³-hybridized carbons (Fsp3) is 0.250. The summed E-state index contributed by atoms with van der Waals surface area (Å²) in [5, 5.41) is 12.8. The molecular formula is C24H24Cl2N4O3. The Labute approximate surface area is 202 Å². The van der Waals surface area contributed by atoms with Crippen molar-refractivity contribution in [3.8, 4) is 0 Å². The summed E-state index contributed by atoms with van der Waals surface area (Å²) in [5.41, 5.74) is 1.97. The largest absolute Gasteiger partial charge is 0.481 e. The molecule has 1 aliphatic rings. The lowest BCUT2D eigenvalue weighted by atomic mass is 10.0. The van der Waals surface area contributed by atoms with Gasteiger partial charge < -0.3 is 15.3 Å². The van der Waals surface area contributed by atoms with Crippen molar-refractivity contribution in [1.82, 2.24) is 9.97 Å². The normalized spacial score (nSPS) is 15.4. The molecule has 1 amide bonds. The first kappa shape index (κ1) is 24.5. The Hall–Kier alpha value is -3.16.